The number of anilines is 1. The van der Waals surface area contributed by atoms with Crippen LogP contribution in [0, 0.1) is 17.2 Å². The Kier molecular flexibility index (Phi) is 5.95. The highest BCUT2D eigenvalue weighted by Gasteiger charge is 2.28. The smallest absolute Gasteiger partial charge is 0.319 e. The van der Waals surface area contributed by atoms with E-state index in [0.29, 0.717) is 24.1 Å². The van der Waals surface area contributed by atoms with Gasteiger partial charge in [0.15, 0.2) is 0 Å². The summed E-state index contributed by atoms with van der Waals surface area (Å²) in [7, 11) is 0. The first-order chi connectivity index (χ1) is 16.2. The van der Waals surface area contributed by atoms with Gasteiger partial charge in [0.2, 0.25) is 0 Å². The maximum atomic E-state index is 12.2. The van der Waals surface area contributed by atoms with E-state index < -0.39 is 0 Å². The molecular weight excluding hydrogens is 412 g/mol. The maximum Gasteiger partial charge on any atom is 0.319 e. The van der Waals surface area contributed by atoms with Crippen molar-refractivity contribution in [3.63, 3.8) is 0 Å². The summed E-state index contributed by atoms with van der Waals surface area (Å²) in [5.41, 5.74) is 4.42. The monoisotopic (exact) mass is 442 g/mol. The molecule has 0 saturated heterocycles. The van der Waals surface area contributed by atoms with Crippen molar-refractivity contribution in [3.05, 3.63) is 48.0 Å². The van der Waals surface area contributed by atoms with Crippen molar-refractivity contribution < 1.29 is 9.53 Å². The molecule has 1 heterocycles. The lowest BCUT2D eigenvalue weighted by atomic mass is 9.85. The molecule has 33 heavy (non-hydrogen) atoms. The molecule has 2 N–H and O–H groups in total. The number of benzene rings is 2. The lowest BCUT2D eigenvalue weighted by Gasteiger charge is -2.30. The average Bonchev–Trinajstić information content (AvgIpc) is 3.06. The molecular formula is C27H30N4O2. The van der Waals surface area contributed by atoms with Crippen molar-refractivity contribution in [1.82, 2.24) is 9.88 Å². The second-order valence-corrected chi connectivity index (χ2v) is 9.11. The van der Waals surface area contributed by atoms with Crippen LogP contribution >= 0.6 is 0 Å². The van der Waals surface area contributed by atoms with E-state index in [1.807, 2.05) is 43.3 Å². The molecule has 0 aliphatic heterocycles. The topological polar surface area (TPSA) is 79.1 Å². The van der Waals surface area contributed by atoms with Gasteiger partial charge in [-0.15, -0.1) is 0 Å². The van der Waals surface area contributed by atoms with E-state index >= 15 is 0 Å². The third kappa shape index (κ3) is 4.16. The van der Waals surface area contributed by atoms with Crippen LogP contribution in [0.4, 0.5) is 10.5 Å². The Bertz CT molecular complexity index is 1200. The van der Waals surface area contributed by atoms with Gasteiger partial charge in [-0.25, -0.2) is 4.79 Å². The zero-order valence-corrected chi connectivity index (χ0v) is 19.1. The number of ether oxygens (including phenoxy) is 1. The molecule has 1 aromatic heterocycles. The van der Waals surface area contributed by atoms with Gasteiger partial charge in [-0.3, -0.25) is 0 Å². The number of hydrogen-bond donors (Lipinski definition) is 2. The minimum Gasteiger partial charge on any atom is -0.494 e. The van der Waals surface area contributed by atoms with Crippen molar-refractivity contribution in [2.24, 2.45) is 5.92 Å². The average molecular weight is 443 g/mol. The van der Waals surface area contributed by atoms with Crippen molar-refractivity contribution in [1.29, 1.82) is 5.26 Å². The van der Waals surface area contributed by atoms with Crippen molar-refractivity contribution in [3.8, 4) is 23.1 Å². The van der Waals surface area contributed by atoms with E-state index in [1.165, 1.54) is 25.7 Å². The first-order valence-electron chi connectivity index (χ1n) is 12.0. The van der Waals surface area contributed by atoms with Gasteiger partial charge in [-0.1, -0.05) is 18.6 Å². The normalized spacial score (nSPS) is 16.0. The summed E-state index contributed by atoms with van der Waals surface area (Å²) in [4.78, 5) is 12.2. The number of nitrogens with zero attached hydrogens (tertiary/aromatic N) is 2. The summed E-state index contributed by atoms with van der Waals surface area (Å²) < 4.78 is 8.07. The van der Waals surface area contributed by atoms with Crippen molar-refractivity contribution in [2.45, 2.75) is 51.5 Å². The Morgan fingerprint density at radius 1 is 1.12 bits per heavy atom. The zero-order chi connectivity index (χ0) is 22.8. The van der Waals surface area contributed by atoms with Crippen LogP contribution in [0.15, 0.2) is 42.5 Å². The van der Waals surface area contributed by atoms with Crippen LogP contribution in [0.2, 0.25) is 0 Å². The molecule has 170 valence electrons. The Balaban J connectivity index is 1.45. The number of nitrogens with one attached hydrogen (secondary N) is 2. The highest BCUT2D eigenvalue weighted by Crippen LogP contribution is 2.43. The van der Waals surface area contributed by atoms with E-state index in [0.717, 1.165) is 53.0 Å². The van der Waals surface area contributed by atoms with Crippen LogP contribution in [0.3, 0.4) is 0 Å². The molecule has 3 aromatic rings. The summed E-state index contributed by atoms with van der Waals surface area (Å²) in [6, 6.07) is 16.5. The summed E-state index contributed by atoms with van der Waals surface area (Å²) in [5, 5.41) is 16.9. The van der Waals surface area contributed by atoms with Gasteiger partial charge in [0.1, 0.15) is 11.8 Å². The van der Waals surface area contributed by atoms with E-state index in [9.17, 15) is 10.1 Å². The minimum absolute atomic E-state index is 0.167. The number of rotatable bonds is 7. The van der Waals surface area contributed by atoms with Gasteiger partial charge >= 0.3 is 6.03 Å². The van der Waals surface area contributed by atoms with Gasteiger partial charge in [0.05, 0.1) is 23.4 Å². The summed E-state index contributed by atoms with van der Waals surface area (Å²) in [6.07, 6.45) is 7.11. The fraction of sp³-hybridized carbons (Fsp3) is 0.407. The van der Waals surface area contributed by atoms with E-state index in [-0.39, 0.29) is 6.03 Å². The Morgan fingerprint density at radius 2 is 1.88 bits per heavy atom. The Labute approximate surface area is 194 Å². The minimum atomic E-state index is -0.167. The number of carbonyl (C=O) groups excluding carboxylic acids is 1. The van der Waals surface area contributed by atoms with E-state index in [2.05, 4.69) is 27.3 Å². The molecule has 2 amide bonds. The number of carbonyl (C=O) groups is 1. The second kappa shape index (κ2) is 9.19. The third-order valence-corrected chi connectivity index (χ3v) is 7.03. The van der Waals surface area contributed by atoms with Gasteiger partial charge in [-0.05, 0) is 74.8 Å². The number of fused-ring (bicyclic) bond motifs is 1. The zero-order valence-electron chi connectivity index (χ0n) is 19.1. The number of nitriles is 1. The molecule has 0 bridgehead atoms. The molecule has 2 saturated carbocycles. The van der Waals surface area contributed by atoms with Crippen LogP contribution in [0.25, 0.3) is 22.2 Å². The predicted octanol–water partition coefficient (Wildman–Crippen LogP) is 6.23. The lowest BCUT2D eigenvalue weighted by Crippen LogP contribution is -2.35. The fourth-order valence-electron chi connectivity index (χ4n) is 4.79. The van der Waals surface area contributed by atoms with Crippen molar-refractivity contribution >= 4 is 22.6 Å². The summed E-state index contributed by atoms with van der Waals surface area (Å²) >= 11 is 0. The first kappa shape index (κ1) is 21.4. The van der Waals surface area contributed by atoms with Gasteiger partial charge < -0.3 is 19.9 Å². The standard InChI is InChI=1S/C27H30N4O2/c1-2-33-22-13-14-23-24(16-28)26(31(25(23)15-22)21-7-4-8-21)19-9-11-20(12-10-19)30-27(32)29-17-18-5-3-6-18/h9-15,18,21H,2-8,17H2,1H3,(H2,29,30,32). The van der Waals surface area contributed by atoms with Crippen LogP contribution in [-0.4, -0.2) is 23.7 Å². The third-order valence-electron chi connectivity index (χ3n) is 7.03. The number of amides is 2. The molecule has 2 fully saturated rings. The lowest BCUT2D eigenvalue weighted by molar-refractivity contribution is 0.243. The van der Waals surface area contributed by atoms with E-state index in [1.54, 1.807) is 0 Å². The highest BCUT2D eigenvalue weighted by molar-refractivity contribution is 5.96. The molecule has 5 rings (SSSR count). The maximum absolute atomic E-state index is 12.2. The molecule has 2 aromatic carbocycles. The van der Waals surface area contributed by atoms with Crippen molar-refractivity contribution in [2.75, 3.05) is 18.5 Å². The number of urea groups is 1. The Morgan fingerprint density at radius 3 is 2.48 bits per heavy atom. The van der Waals surface area contributed by atoms with E-state index in [4.69, 9.17) is 4.74 Å². The molecule has 0 atom stereocenters. The number of aromatic nitrogens is 1. The molecule has 2 aliphatic carbocycles. The van der Waals surface area contributed by atoms with Crippen LogP contribution in [0.1, 0.15) is 57.1 Å². The molecule has 6 heteroatoms. The van der Waals surface area contributed by atoms with Crippen LogP contribution < -0.4 is 15.4 Å². The van der Waals surface area contributed by atoms with Crippen LogP contribution in [0.5, 0.6) is 5.75 Å². The van der Waals surface area contributed by atoms with Gasteiger partial charge in [0.25, 0.3) is 0 Å². The fourth-order valence-corrected chi connectivity index (χ4v) is 4.79. The van der Waals surface area contributed by atoms with Gasteiger partial charge in [0, 0.05) is 29.7 Å². The predicted molar refractivity (Wildman–Crippen MR) is 131 cm³/mol. The van der Waals surface area contributed by atoms with Gasteiger partial charge in [-0.2, -0.15) is 5.26 Å². The molecule has 0 radical (unpaired) electrons. The summed E-state index contributed by atoms with van der Waals surface area (Å²) in [5.74, 6) is 1.45. The highest BCUT2D eigenvalue weighted by atomic mass is 16.5. The largest absolute Gasteiger partial charge is 0.494 e. The number of hydrogen-bond acceptors (Lipinski definition) is 3. The second-order valence-electron chi connectivity index (χ2n) is 9.11. The Hall–Kier alpha value is -3.46. The molecule has 0 spiro atoms. The van der Waals surface area contributed by atoms with Crippen LogP contribution in [-0.2, 0) is 0 Å². The molecule has 0 unspecified atom stereocenters. The molecule has 6 nitrogen and oxygen atoms in total. The SMILES string of the molecule is CCOc1ccc2c(C#N)c(-c3ccc(NC(=O)NCC4CCC4)cc3)n(C3CCC3)c2c1. The molecule has 2 aliphatic rings. The summed E-state index contributed by atoms with van der Waals surface area (Å²) in [6.45, 7) is 3.32. The first-order valence-corrected chi connectivity index (χ1v) is 12.0. The quantitative estimate of drug-likeness (QED) is 0.455.